The lowest BCUT2D eigenvalue weighted by atomic mass is 10.3. The van der Waals surface area contributed by atoms with Crippen molar-refractivity contribution in [3.63, 3.8) is 0 Å². The van der Waals surface area contributed by atoms with Crippen molar-refractivity contribution in [1.82, 2.24) is 15.4 Å². The molecule has 0 saturated heterocycles. The Morgan fingerprint density at radius 1 is 1.17 bits per heavy atom. The number of urea groups is 1. The number of nitrogens with one attached hydrogen (secondary N) is 3. The lowest BCUT2D eigenvalue weighted by molar-refractivity contribution is -0.137. The summed E-state index contributed by atoms with van der Waals surface area (Å²) in [5.74, 6) is -0.916. The minimum Gasteiger partial charge on any atom is -0.481 e. The van der Waals surface area contributed by atoms with Crippen LogP contribution in [-0.2, 0) is 14.8 Å². The third-order valence-electron chi connectivity index (χ3n) is 2.84. The number of carbonyl (C=O) groups excluding carboxylic acids is 1. The molecule has 0 bridgehead atoms. The van der Waals surface area contributed by atoms with E-state index in [9.17, 15) is 18.0 Å². The fourth-order valence-corrected chi connectivity index (χ4v) is 4.40. The van der Waals surface area contributed by atoms with Gasteiger partial charge < -0.3 is 15.7 Å². The number of hydrogen-bond donors (Lipinski definition) is 4. The first-order valence-corrected chi connectivity index (χ1v) is 9.32. The molecule has 0 unspecified atom stereocenters. The Hall–Kier alpha value is -1.65. The molecule has 1 rings (SSSR count). The average molecular weight is 363 g/mol. The zero-order valence-electron chi connectivity index (χ0n) is 13.0. The minimum atomic E-state index is -3.58. The van der Waals surface area contributed by atoms with Crippen molar-refractivity contribution in [2.24, 2.45) is 0 Å². The van der Waals surface area contributed by atoms with Crippen LogP contribution in [0.1, 0.15) is 22.6 Å². The predicted octanol–water partition coefficient (Wildman–Crippen LogP) is 0.807. The van der Waals surface area contributed by atoms with E-state index in [4.69, 9.17) is 5.11 Å². The highest BCUT2D eigenvalue weighted by Crippen LogP contribution is 2.24. The topological polar surface area (TPSA) is 125 Å². The van der Waals surface area contributed by atoms with Gasteiger partial charge in [0.25, 0.3) is 0 Å². The number of sulfonamides is 1. The van der Waals surface area contributed by atoms with Crippen LogP contribution in [0.3, 0.4) is 0 Å². The van der Waals surface area contributed by atoms with Gasteiger partial charge in [-0.05, 0) is 26.3 Å². The third kappa shape index (κ3) is 6.97. The summed E-state index contributed by atoms with van der Waals surface area (Å²) < 4.78 is 26.6. The fraction of sp³-hybridized carbons (Fsp3) is 0.538. The van der Waals surface area contributed by atoms with Crippen LogP contribution >= 0.6 is 11.3 Å². The molecular weight excluding hydrogens is 342 g/mol. The van der Waals surface area contributed by atoms with Gasteiger partial charge >= 0.3 is 12.0 Å². The molecule has 4 N–H and O–H groups in total. The predicted molar refractivity (Wildman–Crippen MR) is 87.3 cm³/mol. The maximum Gasteiger partial charge on any atom is 0.314 e. The number of carbonyl (C=O) groups is 2. The second-order valence-corrected chi connectivity index (χ2v) is 8.05. The number of rotatable bonds is 9. The van der Waals surface area contributed by atoms with Gasteiger partial charge in [0.15, 0.2) is 0 Å². The van der Waals surface area contributed by atoms with Crippen LogP contribution in [0, 0.1) is 13.8 Å². The maximum absolute atomic E-state index is 12.1. The van der Waals surface area contributed by atoms with Crippen LogP contribution in [0.25, 0.3) is 0 Å². The Balaban J connectivity index is 2.27. The maximum atomic E-state index is 12.1. The molecule has 0 aliphatic carbocycles. The number of thiophene rings is 1. The summed E-state index contributed by atoms with van der Waals surface area (Å²) >= 11 is 1.41. The van der Waals surface area contributed by atoms with Crippen molar-refractivity contribution in [1.29, 1.82) is 0 Å². The molecule has 0 saturated carbocycles. The summed E-state index contributed by atoms with van der Waals surface area (Å²) in [6.07, 6.45) is 0.325. The summed E-state index contributed by atoms with van der Waals surface area (Å²) in [4.78, 5) is 23.6. The highest BCUT2D eigenvalue weighted by molar-refractivity contribution is 7.89. The van der Waals surface area contributed by atoms with E-state index in [-0.39, 0.29) is 31.0 Å². The molecule has 0 aromatic carbocycles. The van der Waals surface area contributed by atoms with Gasteiger partial charge in [-0.2, -0.15) is 0 Å². The van der Waals surface area contributed by atoms with Crippen molar-refractivity contribution in [2.45, 2.75) is 31.6 Å². The van der Waals surface area contributed by atoms with Gasteiger partial charge in [0.2, 0.25) is 10.0 Å². The van der Waals surface area contributed by atoms with Gasteiger partial charge in [-0.1, -0.05) is 0 Å². The first kappa shape index (κ1) is 19.4. The van der Waals surface area contributed by atoms with Gasteiger partial charge in [-0.25, -0.2) is 17.9 Å². The molecule has 1 heterocycles. The highest BCUT2D eigenvalue weighted by atomic mass is 32.2. The Kier molecular flexibility index (Phi) is 7.46. The van der Waals surface area contributed by atoms with Crippen LogP contribution in [-0.4, -0.2) is 45.2 Å². The van der Waals surface area contributed by atoms with E-state index in [1.54, 1.807) is 13.0 Å². The Morgan fingerprint density at radius 3 is 2.39 bits per heavy atom. The summed E-state index contributed by atoms with van der Waals surface area (Å²) in [6.45, 7) is 4.03. The first-order valence-electron chi connectivity index (χ1n) is 7.02. The van der Waals surface area contributed by atoms with Crippen molar-refractivity contribution < 1.29 is 23.1 Å². The van der Waals surface area contributed by atoms with E-state index >= 15 is 0 Å². The summed E-state index contributed by atoms with van der Waals surface area (Å²) in [5, 5.41) is 13.4. The van der Waals surface area contributed by atoms with Crippen molar-refractivity contribution in [3.8, 4) is 0 Å². The number of amides is 2. The number of hydrogen-bond acceptors (Lipinski definition) is 5. The van der Waals surface area contributed by atoms with E-state index in [0.717, 1.165) is 9.75 Å². The molecule has 10 heteroatoms. The Bertz CT molecular complexity index is 655. The van der Waals surface area contributed by atoms with Crippen LogP contribution in [0.4, 0.5) is 4.79 Å². The SMILES string of the molecule is Cc1cc(S(=O)(=O)NCCNC(=O)NCCCC(=O)O)c(C)s1. The largest absolute Gasteiger partial charge is 0.481 e. The van der Waals surface area contributed by atoms with E-state index < -0.39 is 22.0 Å². The monoisotopic (exact) mass is 363 g/mol. The molecule has 2 amide bonds. The van der Waals surface area contributed by atoms with Crippen LogP contribution < -0.4 is 15.4 Å². The quantitative estimate of drug-likeness (QED) is 0.483. The summed E-state index contributed by atoms with van der Waals surface area (Å²) in [6, 6.07) is 1.16. The minimum absolute atomic E-state index is 0.0144. The molecule has 0 aliphatic heterocycles. The van der Waals surface area contributed by atoms with Crippen LogP contribution in [0.2, 0.25) is 0 Å². The first-order chi connectivity index (χ1) is 10.7. The third-order valence-corrected chi connectivity index (χ3v) is 5.52. The molecule has 130 valence electrons. The van der Waals surface area contributed by atoms with E-state index in [2.05, 4.69) is 15.4 Å². The highest BCUT2D eigenvalue weighted by Gasteiger charge is 2.18. The molecule has 23 heavy (non-hydrogen) atoms. The fourth-order valence-electron chi connectivity index (χ4n) is 1.82. The second-order valence-electron chi connectivity index (χ2n) is 4.86. The van der Waals surface area contributed by atoms with Gasteiger partial charge in [0, 0.05) is 35.8 Å². The number of carboxylic acid groups (broad SMARTS) is 1. The number of aliphatic carboxylic acids is 1. The molecule has 0 atom stereocenters. The summed E-state index contributed by atoms with van der Waals surface area (Å²) in [7, 11) is -3.58. The standard InChI is InChI=1S/C13H21N3O5S2/c1-9-8-11(10(2)22-9)23(20,21)16-7-6-15-13(19)14-5-3-4-12(17)18/h8,16H,3-7H2,1-2H3,(H,17,18)(H2,14,15,19). The van der Waals surface area contributed by atoms with Gasteiger partial charge in [0.05, 0.1) is 4.90 Å². The average Bonchev–Trinajstić information content (AvgIpc) is 2.79. The molecule has 1 aromatic rings. The zero-order valence-corrected chi connectivity index (χ0v) is 14.6. The lowest BCUT2D eigenvalue weighted by Crippen LogP contribution is -2.40. The van der Waals surface area contributed by atoms with Crippen LogP contribution in [0.5, 0.6) is 0 Å². The number of carboxylic acids is 1. The second kappa shape index (κ2) is 8.85. The summed E-state index contributed by atoms with van der Waals surface area (Å²) in [5.41, 5.74) is 0. The normalized spacial score (nSPS) is 11.2. The van der Waals surface area contributed by atoms with Crippen molar-refractivity contribution in [3.05, 3.63) is 15.8 Å². The molecule has 0 fully saturated rings. The lowest BCUT2D eigenvalue weighted by Gasteiger charge is -2.08. The Labute approximate surface area is 139 Å². The molecule has 8 nitrogen and oxygen atoms in total. The molecule has 0 aliphatic rings. The van der Waals surface area contributed by atoms with Crippen molar-refractivity contribution in [2.75, 3.05) is 19.6 Å². The van der Waals surface area contributed by atoms with E-state index in [1.165, 1.54) is 11.3 Å². The molecule has 1 aromatic heterocycles. The Morgan fingerprint density at radius 2 is 1.83 bits per heavy atom. The van der Waals surface area contributed by atoms with Crippen LogP contribution in [0.15, 0.2) is 11.0 Å². The zero-order chi connectivity index (χ0) is 17.5. The van der Waals surface area contributed by atoms with Gasteiger partial charge in [-0.15, -0.1) is 11.3 Å². The molecule has 0 radical (unpaired) electrons. The van der Waals surface area contributed by atoms with Crippen molar-refractivity contribution >= 4 is 33.4 Å². The van der Waals surface area contributed by atoms with Gasteiger partial charge in [-0.3, -0.25) is 4.79 Å². The van der Waals surface area contributed by atoms with E-state index in [0.29, 0.717) is 6.42 Å². The van der Waals surface area contributed by atoms with Gasteiger partial charge in [0.1, 0.15) is 0 Å². The number of aryl methyl sites for hydroxylation is 2. The molecule has 0 spiro atoms. The smallest absolute Gasteiger partial charge is 0.314 e. The van der Waals surface area contributed by atoms with E-state index in [1.807, 2.05) is 6.92 Å². The molecular formula is C13H21N3O5S2.